The molecule has 1 rings (SSSR count). The van der Waals surface area contributed by atoms with Gasteiger partial charge in [-0.1, -0.05) is 0 Å². The van der Waals surface area contributed by atoms with Crippen LogP contribution < -0.4 is 11.1 Å². The van der Waals surface area contributed by atoms with Crippen molar-refractivity contribution in [3.63, 3.8) is 0 Å². The first-order valence-electron chi connectivity index (χ1n) is 4.20. The van der Waals surface area contributed by atoms with E-state index in [2.05, 4.69) is 5.32 Å². The van der Waals surface area contributed by atoms with Crippen LogP contribution >= 0.6 is 0 Å². The van der Waals surface area contributed by atoms with Gasteiger partial charge >= 0.3 is 0 Å². The van der Waals surface area contributed by atoms with E-state index in [9.17, 15) is 4.79 Å². The van der Waals surface area contributed by atoms with E-state index in [-0.39, 0.29) is 5.91 Å². The van der Waals surface area contributed by atoms with Gasteiger partial charge < -0.3 is 15.5 Å². The molecule has 4 nitrogen and oxygen atoms in total. The molecule has 0 spiro atoms. The van der Waals surface area contributed by atoms with Gasteiger partial charge in [0.2, 0.25) is 0 Å². The summed E-state index contributed by atoms with van der Waals surface area (Å²) in [4.78, 5) is 11.4. The number of rotatable bonds is 3. The number of amides is 1. The highest BCUT2D eigenvalue weighted by molar-refractivity contribution is 5.95. The molecule has 0 aliphatic rings. The fraction of sp³-hybridized carbons (Fsp3) is 0.444. The van der Waals surface area contributed by atoms with Crippen LogP contribution in [0.5, 0.6) is 0 Å². The summed E-state index contributed by atoms with van der Waals surface area (Å²) in [7, 11) is 0. The van der Waals surface area contributed by atoms with Crippen LogP contribution in [0, 0.1) is 13.8 Å². The Bertz CT molecular complexity index is 305. The van der Waals surface area contributed by atoms with E-state index in [4.69, 9.17) is 10.2 Å². The summed E-state index contributed by atoms with van der Waals surface area (Å²) >= 11 is 0. The molecular formula is C9H14N2O2. The van der Waals surface area contributed by atoms with Crippen molar-refractivity contribution in [3.05, 3.63) is 23.2 Å². The molecule has 0 radical (unpaired) electrons. The summed E-state index contributed by atoms with van der Waals surface area (Å²) in [5, 5.41) is 2.68. The van der Waals surface area contributed by atoms with Gasteiger partial charge in [0.25, 0.3) is 5.91 Å². The van der Waals surface area contributed by atoms with Crippen LogP contribution in [-0.4, -0.2) is 19.0 Å². The number of nitrogens with one attached hydrogen (secondary N) is 1. The Morgan fingerprint density at radius 2 is 2.31 bits per heavy atom. The predicted molar refractivity (Wildman–Crippen MR) is 49.6 cm³/mol. The molecule has 0 aromatic carbocycles. The van der Waals surface area contributed by atoms with Gasteiger partial charge in [-0.3, -0.25) is 4.79 Å². The van der Waals surface area contributed by atoms with E-state index < -0.39 is 0 Å². The fourth-order valence-corrected chi connectivity index (χ4v) is 1.14. The molecule has 0 aliphatic carbocycles. The quantitative estimate of drug-likeness (QED) is 0.718. The molecule has 3 N–H and O–H groups in total. The SMILES string of the molecule is Cc1cc(C(=O)NCCN)c(C)o1. The number of hydrogen-bond acceptors (Lipinski definition) is 3. The van der Waals surface area contributed by atoms with Crippen molar-refractivity contribution < 1.29 is 9.21 Å². The summed E-state index contributed by atoms with van der Waals surface area (Å²) in [5.74, 6) is 1.27. The second-order valence-corrected chi connectivity index (χ2v) is 2.87. The Balaban J connectivity index is 2.70. The van der Waals surface area contributed by atoms with Gasteiger partial charge in [0.15, 0.2) is 0 Å². The second kappa shape index (κ2) is 4.09. The third-order valence-electron chi connectivity index (χ3n) is 1.72. The van der Waals surface area contributed by atoms with Gasteiger partial charge in [0.05, 0.1) is 5.56 Å². The highest BCUT2D eigenvalue weighted by atomic mass is 16.3. The molecule has 1 aromatic heterocycles. The Morgan fingerprint density at radius 3 is 2.77 bits per heavy atom. The van der Waals surface area contributed by atoms with Gasteiger partial charge in [-0.25, -0.2) is 0 Å². The summed E-state index contributed by atoms with van der Waals surface area (Å²) < 4.78 is 5.22. The smallest absolute Gasteiger partial charge is 0.254 e. The van der Waals surface area contributed by atoms with Crippen LogP contribution in [0.3, 0.4) is 0 Å². The molecular weight excluding hydrogens is 168 g/mol. The van der Waals surface area contributed by atoms with E-state index in [0.29, 0.717) is 24.4 Å². The highest BCUT2D eigenvalue weighted by Gasteiger charge is 2.11. The normalized spacial score (nSPS) is 10.1. The molecule has 0 bridgehead atoms. The van der Waals surface area contributed by atoms with Crippen LogP contribution in [0.4, 0.5) is 0 Å². The maximum Gasteiger partial charge on any atom is 0.254 e. The molecule has 1 amide bonds. The van der Waals surface area contributed by atoms with E-state index >= 15 is 0 Å². The van der Waals surface area contributed by atoms with Gasteiger partial charge in [0.1, 0.15) is 11.5 Å². The predicted octanol–water partition coefficient (Wildman–Crippen LogP) is 0.585. The molecule has 4 heteroatoms. The first-order valence-corrected chi connectivity index (χ1v) is 4.20. The molecule has 0 saturated carbocycles. The average molecular weight is 182 g/mol. The standard InChI is InChI=1S/C9H14N2O2/c1-6-5-8(7(2)13-6)9(12)11-4-3-10/h5H,3-4,10H2,1-2H3,(H,11,12). The van der Waals surface area contributed by atoms with Crippen molar-refractivity contribution in [2.45, 2.75) is 13.8 Å². The summed E-state index contributed by atoms with van der Waals surface area (Å²) in [6.07, 6.45) is 0. The molecule has 0 saturated heterocycles. The molecule has 0 fully saturated rings. The van der Waals surface area contributed by atoms with Gasteiger partial charge in [-0.2, -0.15) is 0 Å². The molecule has 72 valence electrons. The van der Waals surface area contributed by atoms with Gasteiger partial charge in [0, 0.05) is 13.1 Å². The number of carbonyl (C=O) groups is 1. The summed E-state index contributed by atoms with van der Waals surface area (Å²) in [6.45, 7) is 4.52. The van der Waals surface area contributed by atoms with Crippen LogP contribution in [-0.2, 0) is 0 Å². The third kappa shape index (κ3) is 2.32. The lowest BCUT2D eigenvalue weighted by molar-refractivity contribution is 0.0953. The number of aryl methyl sites for hydroxylation is 2. The number of furan rings is 1. The van der Waals surface area contributed by atoms with E-state index in [1.807, 2.05) is 6.92 Å². The van der Waals surface area contributed by atoms with Crippen molar-refractivity contribution in [2.75, 3.05) is 13.1 Å². The zero-order valence-corrected chi connectivity index (χ0v) is 7.89. The van der Waals surface area contributed by atoms with E-state index in [1.165, 1.54) is 0 Å². The molecule has 0 atom stereocenters. The Morgan fingerprint density at radius 1 is 1.62 bits per heavy atom. The number of carbonyl (C=O) groups excluding carboxylic acids is 1. The Hall–Kier alpha value is -1.29. The summed E-state index contributed by atoms with van der Waals surface area (Å²) in [5.41, 5.74) is 5.85. The monoisotopic (exact) mass is 182 g/mol. The fourth-order valence-electron chi connectivity index (χ4n) is 1.14. The van der Waals surface area contributed by atoms with E-state index in [0.717, 1.165) is 5.76 Å². The largest absolute Gasteiger partial charge is 0.466 e. The minimum Gasteiger partial charge on any atom is -0.466 e. The van der Waals surface area contributed by atoms with Crippen molar-refractivity contribution >= 4 is 5.91 Å². The minimum absolute atomic E-state index is 0.125. The van der Waals surface area contributed by atoms with Crippen LogP contribution in [0.2, 0.25) is 0 Å². The first-order chi connectivity index (χ1) is 6.15. The van der Waals surface area contributed by atoms with Crippen molar-refractivity contribution in [1.82, 2.24) is 5.32 Å². The van der Waals surface area contributed by atoms with E-state index in [1.54, 1.807) is 13.0 Å². The number of nitrogens with two attached hydrogens (primary N) is 1. The molecule has 13 heavy (non-hydrogen) atoms. The maximum atomic E-state index is 11.4. The third-order valence-corrected chi connectivity index (χ3v) is 1.72. The molecule has 1 aromatic rings. The molecule has 0 aliphatic heterocycles. The average Bonchev–Trinajstić information content (AvgIpc) is 2.41. The van der Waals surface area contributed by atoms with Crippen molar-refractivity contribution in [3.8, 4) is 0 Å². The van der Waals surface area contributed by atoms with Crippen LogP contribution in [0.25, 0.3) is 0 Å². The van der Waals surface area contributed by atoms with Crippen molar-refractivity contribution in [1.29, 1.82) is 0 Å². The first kappa shape index (κ1) is 9.80. The van der Waals surface area contributed by atoms with Crippen LogP contribution in [0.15, 0.2) is 10.5 Å². The molecule has 0 unspecified atom stereocenters. The van der Waals surface area contributed by atoms with Crippen LogP contribution in [0.1, 0.15) is 21.9 Å². The second-order valence-electron chi connectivity index (χ2n) is 2.87. The lowest BCUT2D eigenvalue weighted by Gasteiger charge is -2.00. The summed E-state index contributed by atoms with van der Waals surface area (Å²) in [6, 6.07) is 1.72. The Labute approximate surface area is 77.1 Å². The Kier molecular flexibility index (Phi) is 3.08. The minimum atomic E-state index is -0.125. The molecule has 1 heterocycles. The number of hydrogen-bond donors (Lipinski definition) is 2. The lowest BCUT2D eigenvalue weighted by atomic mass is 10.2. The topological polar surface area (TPSA) is 68.3 Å². The highest BCUT2D eigenvalue weighted by Crippen LogP contribution is 2.12. The van der Waals surface area contributed by atoms with Crippen molar-refractivity contribution in [2.24, 2.45) is 5.73 Å². The van der Waals surface area contributed by atoms with Gasteiger partial charge in [-0.15, -0.1) is 0 Å². The zero-order valence-electron chi connectivity index (χ0n) is 7.89. The maximum absolute atomic E-state index is 11.4. The lowest BCUT2D eigenvalue weighted by Crippen LogP contribution is -2.29. The zero-order chi connectivity index (χ0) is 9.84. The van der Waals surface area contributed by atoms with Gasteiger partial charge in [-0.05, 0) is 19.9 Å².